The third-order valence-corrected chi connectivity index (χ3v) is 4.46. The largest absolute Gasteiger partial charge is 0.461 e. The SMILES string of the molecule is CC(C)CC(=O)OC[C@@]1(C#N)O[C@@H](c2ccc3c(N)ncnn23)[C@H](O)[C@@H]1O. The van der Waals surface area contributed by atoms with Crippen molar-refractivity contribution in [1.29, 1.82) is 5.26 Å². The maximum absolute atomic E-state index is 11.8. The van der Waals surface area contributed by atoms with Gasteiger partial charge in [-0.1, -0.05) is 13.8 Å². The second-order valence-electron chi connectivity index (χ2n) is 6.93. The van der Waals surface area contributed by atoms with Gasteiger partial charge in [-0.15, -0.1) is 0 Å². The van der Waals surface area contributed by atoms with E-state index in [1.165, 1.54) is 10.8 Å². The number of nitrogens with two attached hydrogens (primary N) is 1. The average Bonchev–Trinajstić information content (AvgIpc) is 3.15. The summed E-state index contributed by atoms with van der Waals surface area (Å²) in [5.74, 6) is -0.194. The minimum absolute atomic E-state index is 0.0838. The number of nitriles is 1. The summed E-state index contributed by atoms with van der Waals surface area (Å²) in [4.78, 5) is 15.7. The average molecular weight is 375 g/mol. The molecule has 0 saturated carbocycles. The van der Waals surface area contributed by atoms with Crippen LogP contribution >= 0.6 is 0 Å². The number of nitrogens with zero attached hydrogens (tertiary/aromatic N) is 4. The van der Waals surface area contributed by atoms with E-state index in [0.29, 0.717) is 11.2 Å². The van der Waals surface area contributed by atoms with E-state index in [9.17, 15) is 20.3 Å². The molecule has 0 radical (unpaired) electrons. The molecule has 1 aliphatic rings. The minimum atomic E-state index is -1.89. The number of fused-ring (bicyclic) bond motifs is 1. The van der Waals surface area contributed by atoms with E-state index in [2.05, 4.69) is 10.1 Å². The van der Waals surface area contributed by atoms with Crippen molar-refractivity contribution in [1.82, 2.24) is 14.6 Å². The van der Waals surface area contributed by atoms with Crippen LogP contribution in [0.3, 0.4) is 0 Å². The van der Waals surface area contributed by atoms with Gasteiger partial charge in [-0.3, -0.25) is 4.79 Å². The number of carbonyl (C=O) groups excluding carboxylic acids is 1. The Bertz CT molecular complexity index is 891. The highest BCUT2D eigenvalue weighted by Gasteiger charge is 2.57. The summed E-state index contributed by atoms with van der Waals surface area (Å²) in [6.45, 7) is 3.21. The van der Waals surface area contributed by atoms with E-state index in [1.807, 2.05) is 19.9 Å². The maximum Gasteiger partial charge on any atom is 0.306 e. The van der Waals surface area contributed by atoms with Crippen molar-refractivity contribution in [2.45, 2.75) is 44.2 Å². The molecular weight excluding hydrogens is 354 g/mol. The number of hydrogen-bond acceptors (Lipinski definition) is 9. The van der Waals surface area contributed by atoms with E-state index < -0.39 is 36.5 Å². The first kappa shape index (κ1) is 19.0. The van der Waals surface area contributed by atoms with Crippen LogP contribution in [0.1, 0.15) is 32.1 Å². The normalized spacial score (nSPS) is 27.8. The van der Waals surface area contributed by atoms with Gasteiger partial charge in [0.1, 0.15) is 42.8 Å². The van der Waals surface area contributed by atoms with Crippen LogP contribution in [0, 0.1) is 17.2 Å². The fourth-order valence-corrected chi connectivity index (χ4v) is 3.06. The number of rotatable bonds is 5. The molecule has 0 unspecified atom stereocenters. The Morgan fingerprint density at radius 2 is 2.26 bits per heavy atom. The lowest BCUT2D eigenvalue weighted by molar-refractivity contribution is -0.155. The lowest BCUT2D eigenvalue weighted by atomic mass is 9.96. The highest BCUT2D eigenvalue weighted by atomic mass is 16.6. The van der Waals surface area contributed by atoms with Crippen molar-refractivity contribution >= 4 is 17.3 Å². The molecule has 0 aromatic carbocycles. The first-order valence-corrected chi connectivity index (χ1v) is 8.48. The van der Waals surface area contributed by atoms with Gasteiger partial charge in [0.2, 0.25) is 5.60 Å². The summed E-state index contributed by atoms with van der Waals surface area (Å²) in [6, 6.07) is 5.09. The standard InChI is InChI=1S/C17H21N5O5/c1-9(2)5-12(23)26-7-17(6-18)15(25)13(24)14(27-17)10-3-4-11-16(19)20-8-21-22(10)11/h3-4,8-9,13-15,24-25H,5,7H2,1-2H3,(H2,19,20,21)/t13-,14-,15-,17+/m0/s1. The Hall–Kier alpha value is -2.74. The van der Waals surface area contributed by atoms with Gasteiger partial charge in [0.25, 0.3) is 0 Å². The first-order valence-electron chi connectivity index (χ1n) is 8.48. The quantitative estimate of drug-likeness (QED) is 0.610. The molecule has 4 N–H and O–H groups in total. The van der Waals surface area contributed by atoms with Gasteiger partial charge >= 0.3 is 5.97 Å². The van der Waals surface area contributed by atoms with Gasteiger partial charge < -0.3 is 25.4 Å². The highest BCUT2D eigenvalue weighted by molar-refractivity contribution is 5.69. The predicted octanol–water partition coefficient (Wildman–Crippen LogP) is -0.0437. The lowest BCUT2D eigenvalue weighted by Crippen LogP contribution is -2.46. The maximum atomic E-state index is 11.8. The van der Waals surface area contributed by atoms with Gasteiger partial charge in [0, 0.05) is 6.42 Å². The van der Waals surface area contributed by atoms with Crippen LogP contribution in [-0.2, 0) is 14.3 Å². The number of anilines is 1. The first-order chi connectivity index (χ1) is 12.8. The van der Waals surface area contributed by atoms with Crippen LogP contribution in [0.4, 0.5) is 5.82 Å². The molecule has 1 saturated heterocycles. The number of nitrogen functional groups attached to an aromatic ring is 1. The van der Waals surface area contributed by atoms with Crippen molar-refractivity contribution in [3.63, 3.8) is 0 Å². The molecule has 3 heterocycles. The third kappa shape index (κ3) is 3.32. The molecule has 0 aliphatic carbocycles. The molecule has 1 aliphatic heterocycles. The molecule has 2 aromatic rings. The number of aromatic nitrogens is 3. The fraction of sp³-hybridized carbons (Fsp3) is 0.529. The summed E-state index contributed by atoms with van der Waals surface area (Å²) in [5, 5.41) is 34.6. The predicted molar refractivity (Wildman–Crippen MR) is 92.0 cm³/mol. The van der Waals surface area contributed by atoms with Crippen LogP contribution in [0.15, 0.2) is 18.5 Å². The molecule has 4 atom stereocenters. The van der Waals surface area contributed by atoms with Crippen LogP contribution < -0.4 is 5.73 Å². The van der Waals surface area contributed by atoms with Crippen molar-refractivity contribution in [3.05, 3.63) is 24.2 Å². The van der Waals surface area contributed by atoms with E-state index in [4.69, 9.17) is 15.2 Å². The zero-order valence-corrected chi connectivity index (χ0v) is 14.9. The van der Waals surface area contributed by atoms with Gasteiger partial charge in [-0.2, -0.15) is 10.4 Å². The second kappa shape index (κ2) is 7.11. The molecular formula is C17H21N5O5. The number of aliphatic hydroxyl groups is 2. The Balaban J connectivity index is 1.86. The molecule has 2 aromatic heterocycles. The van der Waals surface area contributed by atoms with Crippen molar-refractivity contribution in [2.24, 2.45) is 5.92 Å². The second-order valence-corrected chi connectivity index (χ2v) is 6.93. The molecule has 3 rings (SSSR count). The number of ether oxygens (including phenoxy) is 2. The highest BCUT2D eigenvalue weighted by Crippen LogP contribution is 2.40. The molecule has 10 heteroatoms. The zero-order valence-electron chi connectivity index (χ0n) is 14.9. The molecule has 1 fully saturated rings. The molecule has 0 spiro atoms. The van der Waals surface area contributed by atoms with E-state index in [0.717, 1.165) is 0 Å². The summed E-state index contributed by atoms with van der Waals surface area (Å²) < 4.78 is 12.2. The summed E-state index contributed by atoms with van der Waals surface area (Å²) in [5.41, 5.74) is 4.79. The van der Waals surface area contributed by atoms with E-state index in [-0.39, 0.29) is 18.2 Å². The molecule has 144 valence electrons. The monoisotopic (exact) mass is 375 g/mol. The Morgan fingerprint density at radius 1 is 1.52 bits per heavy atom. The summed E-state index contributed by atoms with van der Waals surface area (Å²) in [7, 11) is 0. The Morgan fingerprint density at radius 3 is 2.93 bits per heavy atom. The molecule has 0 bridgehead atoms. The van der Waals surface area contributed by atoms with Gasteiger partial charge in [-0.25, -0.2) is 9.50 Å². The number of hydrogen-bond donors (Lipinski definition) is 3. The number of carbonyl (C=O) groups is 1. The summed E-state index contributed by atoms with van der Waals surface area (Å²) >= 11 is 0. The number of aliphatic hydroxyl groups excluding tert-OH is 2. The van der Waals surface area contributed by atoms with Crippen LogP contribution in [0.5, 0.6) is 0 Å². The van der Waals surface area contributed by atoms with Gasteiger partial charge in [0.05, 0.1) is 5.69 Å². The van der Waals surface area contributed by atoms with E-state index in [1.54, 1.807) is 12.1 Å². The van der Waals surface area contributed by atoms with Crippen molar-refractivity contribution < 1.29 is 24.5 Å². The molecule has 27 heavy (non-hydrogen) atoms. The molecule has 10 nitrogen and oxygen atoms in total. The lowest BCUT2D eigenvalue weighted by Gasteiger charge is -2.24. The van der Waals surface area contributed by atoms with Gasteiger partial charge in [-0.05, 0) is 18.1 Å². The smallest absolute Gasteiger partial charge is 0.306 e. The van der Waals surface area contributed by atoms with Crippen LogP contribution in [-0.4, -0.2) is 55.2 Å². The topological polar surface area (TPSA) is 156 Å². The van der Waals surface area contributed by atoms with Crippen molar-refractivity contribution in [3.8, 4) is 6.07 Å². The summed E-state index contributed by atoms with van der Waals surface area (Å²) in [6.07, 6.45) is -2.66. The molecule has 0 amide bonds. The van der Waals surface area contributed by atoms with Gasteiger partial charge in [0.15, 0.2) is 5.82 Å². The Kier molecular flexibility index (Phi) is 5.01. The fourth-order valence-electron chi connectivity index (χ4n) is 3.06. The van der Waals surface area contributed by atoms with Crippen LogP contribution in [0.2, 0.25) is 0 Å². The third-order valence-electron chi connectivity index (χ3n) is 4.46. The zero-order chi connectivity index (χ0) is 19.8. The number of esters is 1. The van der Waals surface area contributed by atoms with E-state index >= 15 is 0 Å². The Labute approximate surface area is 155 Å². The minimum Gasteiger partial charge on any atom is -0.461 e. The van der Waals surface area contributed by atoms with Crippen LogP contribution in [0.25, 0.3) is 5.52 Å². The van der Waals surface area contributed by atoms with Crippen molar-refractivity contribution in [2.75, 3.05) is 12.3 Å².